The second-order valence-corrected chi connectivity index (χ2v) is 6.89. The molecule has 0 bridgehead atoms. The molecule has 1 atom stereocenters. The van der Waals surface area contributed by atoms with Crippen molar-refractivity contribution in [3.8, 4) is 0 Å². The van der Waals surface area contributed by atoms with Crippen molar-refractivity contribution in [1.29, 1.82) is 0 Å². The monoisotopic (exact) mass is 289 g/mol. The van der Waals surface area contributed by atoms with Crippen LogP contribution in [-0.4, -0.2) is 55.3 Å². The van der Waals surface area contributed by atoms with Crippen LogP contribution in [0, 0.1) is 0 Å². The predicted molar refractivity (Wildman–Crippen MR) is 86.0 cm³/mol. The number of piperidine rings is 1. The van der Waals surface area contributed by atoms with E-state index in [0.717, 1.165) is 32.8 Å². The number of likely N-dealkylation sites (N-methyl/N-ethyl adjacent to an activating group) is 1. The minimum atomic E-state index is 0.0158. The van der Waals surface area contributed by atoms with Crippen molar-refractivity contribution in [2.45, 2.75) is 38.2 Å². The summed E-state index contributed by atoms with van der Waals surface area (Å²) in [4.78, 5) is 9.45. The number of rotatable bonds is 2. The Bertz CT molecular complexity index is 469. The van der Waals surface area contributed by atoms with E-state index in [9.17, 15) is 0 Å². The maximum atomic E-state index is 6.19. The Morgan fingerprint density at radius 1 is 1.24 bits per heavy atom. The molecule has 21 heavy (non-hydrogen) atoms. The minimum absolute atomic E-state index is 0.0158. The molecule has 1 unspecified atom stereocenters. The minimum Gasteiger partial charge on any atom is -0.370 e. The van der Waals surface area contributed by atoms with E-state index in [0.29, 0.717) is 5.92 Å². The molecule has 2 aliphatic heterocycles. The number of anilines is 1. The molecule has 0 amide bonds. The van der Waals surface area contributed by atoms with Crippen LogP contribution in [0.15, 0.2) is 18.3 Å². The SMILES string of the molecule is CC(C)c1ccc(N2CCCC3(CN(C)CCO3)C2)cn1. The number of nitrogens with zero attached hydrogens (tertiary/aromatic N) is 3. The van der Waals surface area contributed by atoms with Gasteiger partial charge in [0, 0.05) is 31.9 Å². The van der Waals surface area contributed by atoms with Gasteiger partial charge >= 0.3 is 0 Å². The quantitative estimate of drug-likeness (QED) is 0.836. The molecule has 4 nitrogen and oxygen atoms in total. The summed E-state index contributed by atoms with van der Waals surface area (Å²) in [6.07, 6.45) is 4.39. The van der Waals surface area contributed by atoms with Gasteiger partial charge in [-0.3, -0.25) is 4.98 Å². The number of morpholine rings is 1. The fourth-order valence-electron chi connectivity index (χ4n) is 3.53. The third kappa shape index (κ3) is 3.22. The van der Waals surface area contributed by atoms with Gasteiger partial charge < -0.3 is 14.5 Å². The molecule has 3 rings (SSSR count). The second kappa shape index (κ2) is 5.93. The molecule has 1 aromatic heterocycles. The van der Waals surface area contributed by atoms with E-state index in [1.807, 2.05) is 6.20 Å². The van der Waals surface area contributed by atoms with Gasteiger partial charge in [0.1, 0.15) is 0 Å². The molecule has 0 N–H and O–H groups in total. The fourth-order valence-corrected chi connectivity index (χ4v) is 3.53. The molecule has 2 fully saturated rings. The summed E-state index contributed by atoms with van der Waals surface area (Å²) in [6.45, 7) is 9.41. The van der Waals surface area contributed by atoms with Crippen LogP contribution in [0.5, 0.6) is 0 Å². The molecule has 0 aliphatic carbocycles. The maximum absolute atomic E-state index is 6.19. The Morgan fingerprint density at radius 2 is 2.10 bits per heavy atom. The average molecular weight is 289 g/mol. The zero-order valence-electron chi connectivity index (χ0n) is 13.5. The predicted octanol–water partition coefficient (Wildman–Crippen LogP) is 2.51. The lowest BCUT2D eigenvalue weighted by atomic mass is 9.90. The van der Waals surface area contributed by atoms with Gasteiger partial charge in [0.15, 0.2) is 0 Å². The Hall–Kier alpha value is -1.13. The van der Waals surface area contributed by atoms with Crippen molar-refractivity contribution in [3.63, 3.8) is 0 Å². The van der Waals surface area contributed by atoms with Gasteiger partial charge in [-0.15, -0.1) is 0 Å². The largest absolute Gasteiger partial charge is 0.370 e. The van der Waals surface area contributed by atoms with E-state index in [2.05, 4.69) is 47.8 Å². The first kappa shape index (κ1) is 14.8. The lowest BCUT2D eigenvalue weighted by molar-refractivity contribution is -0.108. The van der Waals surface area contributed by atoms with Crippen molar-refractivity contribution < 1.29 is 4.74 Å². The smallest absolute Gasteiger partial charge is 0.0983 e. The van der Waals surface area contributed by atoms with Gasteiger partial charge in [-0.1, -0.05) is 13.8 Å². The molecule has 0 radical (unpaired) electrons. The first-order chi connectivity index (χ1) is 10.1. The molecule has 3 heterocycles. The lowest BCUT2D eigenvalue weighted by Crippen LogP contribution is -2.59. The van der Waals surface area contributed by atoms with E-state index in [4.69, 9.17) is 4.74 Å². The van der Waals surface area contributed by atoms with Gasteiger partial charge in [0.2, 0.25) is 0 Å². The van der Waals surface area contributed by atoms with Gasteiger partial charge in [0.25, 0.3) is 0 Å². The summed E-state index contributed by atoms with van der Waals surface area (Å²) in [5.41, 5.74) is 2.41. The second-order valence-electron chi connectivity index (χ2n) is 6.89. The molecule has 116 valence electrons. The summed E-state index contributed by atoms with van der Waals surface area (Å²) >= 11 is 0. The number of ether oxygens (including phenoxy) is 1. The van der Waals surface area contributed by atoms with Crippen LogP contribution in [0.4, 0.5) is 5.69 Å². The summed E-state index contributed by atoms with van der Waals surface area (Å²) in [6, 6.07) is 4.38. The van der Waals surface area contributed by atoms with Crippen LogP contribution >= 0.6 is 0 Å². The zero-order valence-corrected chi connectivity index (χ0v) is 13.5. The topological polar surface area (TPSA) is 28.6 Å². The molecule has 1 aromatic rings. The van der Waals surface area contributed by atoms with E-state index in [-0.39, 0.29) is 5.60 Å². The summed E-state index contributed by atoms with van der Waals surface area (Å²) in [7, 11) is 2.20. The van der Waals surface area contributed by atoms with Crippen LogP contribution in [-0.2, 0) is 4.74 Å². The van der Waals surface area contributed by atoms with E-state index < -0.39 is 0 Å². The van der Waals surface area contributed by atoms with E-state index >= 15 is 0 Å². The normalized spacial score (nSPS) is 27.5. The maximum Gasteiger partial charge on any atom is 0.0983 e. The Balaban J connectivity index is 1.73. The lowest BCUT2D eigenvalue weighted by Gasteiger charge is -2.47. The van der Waals surface area contributed by atoms with Crippen LogP contribution in [0.3, 0.4) is 0 Å². The van der Waals surface area contributed by atoms with Crippen LogP contribution < -0.4 is 4.90 Å². The highest BCUT2D eigenvalue weighted by Gasteiger charge is 2.39. The number of hydrogen-bond acceptors (Lipinski definition) is 4. The molecule has 0 saturated carbocycles. The molecule has 0 aromatic carbocycles. The average Bonchev–Trinajstić information content (AvgIpc) is 2.47. The third-order valence-corrected chi connectivity index (χ3v) is 4.71. The van der Waals surface area contributed by atoms with E-state index in [1.54, 1.807) is 0 Å². The van der Waals surface area contributed by atoms with Crippen molar-refractivity contribution in [1.82, 2.24) is 9.88 Å². The first-order valence-electron chi connectivity index (χ1n) is 8.11. The van der Waals surface area contributed by atoms with Crippen LogP contribution in [0.25, 0.3) is 0 Å². The fraction of sp³-hybridized carbons (Fsp3) is 0.706. The standard InChI is InChI=1S/C17H27N3O/c1-14(2)16-6-5-15(11-18-16)20-8-4-7-17(13-20)12-19(3)9-10-21-17/h5-6,11,14H,4,7-10,12-13H2,1-3H3. The van der Waals surface area contributed by atoms with Crippen molar-refractivity contribution in [3.05, 3.63) is 24.0 Å². The van der Waals surface area contributed by atoms with E-state index in [1.165, 1.54) is 24.2 Å². The summed E-state index contributed by atoms with van der Waals surface area (Å²) in [5.74, 6) is 0.488. The summed E-state index contributed by atoms with van der Waals surface area (Å²) in [5, 5.41) is 0. The highest BCUT2D eigenvalue weighted by atomic mass is 16.5. The Kier molecular flexibility index (Phi) is 4.18. The van der Waals surface area contributed by atoms with Gasteiger partial charge in [-0.05, 0) is 37.9 Å². The van der Waals surface area contributed by atoms with Crippen LogP contribution in [0.2, 0.25) is 0 Å². The van der Waals surface area contributed by atoms with Crippen molar-refractivity contribution in [2.24, 2.45) is 0 Å². The van der Waals surface area contributed by atoms with Gasteiger partial charge in [0.05, 0.1) is 24.1 Å². The summed E-state index contributed by atoms with van der Waals surface area (Å²) < 4.78 is 6.19. The highest BCUT2D eigenvalue weighted by Crippen LogP contribution is 2.31. The molecule has 1 spiro atoms. The molecule has 2 aliphatic rings. The van der Waals surface area contributed by atoms with Gasteiger partial charge in [-0.25, -0.2) is 0 Å². The van der Waals surface area contributed by atoms with Crippen molar-refractivity contribution >= 4 is 5.69 Å². The molecular weight excluding hydrogens is 262 g/mol. The number of hydrogen-bond donors (Lipinski definition) is 0. The zero-order chi connectivity index (χ0) is 14.9. The molecule has 2 saturated heterocycles. The first-order valence-corrected chi connectivity index (χ1v) is 8.11. The number of pyridine rings is 1. The Labute approximate surface area is 128 Å². The molecular formula is C17H27N3O. The molecule has 4 heteroatoms. The highest BCUT2D eigenvalue weighted by molar-refractivity contribution is 5.46. The number of aromatic nitrogens is 1. The third-order valence-electron chi connectivity index (χ3n) is 4.71. The Morgan fingerprint density at radius 3 is 2.76 bits per heavy atom. The van der Waals surface area contributed by atoms with Crippen LogP contribution in [0.1, 0.15) is 38.3 Å². The van der Waals surface area contributed by atoms with Gasteiger partial charge in [-0.2, -0.15) is 0 Å². The van der Waals surface area contributed by atoms with Crippen molar-refractivity contribution in [2.75, 3.05) is 44.7 Å².